The van der Waals surface area contributed by atoms with Gasteiger partial charge in [0.2, 0.25) is 11.8 Å². The zero-order valence-electron chi connectivity index (χ0n) is 16.1. The third-order valence-electron chi connectivity index (χ3n) is 5.66. The van der Waals surface area contributed by atoms with Gasteiger partial charge >= 0.3 is 0 Å². The van der Waals surface area contributed by atoms with Gasteiger partial charge in [-0.2, -0.15) is 0 Å². The Bertz CT molecular complexity index is 1060. The molecule has 7 heteroatoms. The molecule has 0 spiro atoms. The third kappa shape index (κ3) is 3.42. The molecule has 1 aromatic heterocycles. The van der Waals surface area contributed by atoms with Crippen LogP contribution in [0.15, 0.2) is 48.5 Å². The minimum absolute atomic E-state index is 0.0869. The topological polar surface area (TPSA) is 62.3 Å². The summed E-state index contributed by atoms with van der Waals surface area (Å²) < 4.78 is 1.20. The number of para-hydroxylation sites is 1. The van der Waals surface area contributed by atoms with Crippen molar-refractivity contribution in [2.75, 3.05) is 11.1 Å². The average Bonchev–Trinajstić information content (AvgIpc) is 3.36. The van der Waals surface area contributed by atoms with Gasteiger partial charge in [-0.25, -0.2) is 4.98 Å². The molecule has 29 heavy (non-hydrogen) atoms. The summed E-state index contributed by atoms with van der Waals surface area (Å²) >= 11 is 3.42. The van der Waals surface area contributed by atoms with Crippen LogP contribution >= 0.6 is 23.1 Å². The number of thioether (sulfide) groups is 1. The van der Waals surface area contributed by atoms with Crippen LogP contribution in [0.2, 0.25) is 0 Å². The van der Waals surface area contributed by atoms with Crippen LogP contribution in [0.5, 0.6) is 0 Å². The van der Waals surface area contributed by atoms with Crippen LogP contribution in [-0.4, -0.2) is 38.4 Å². The molecule has 2 saturated heterocycles. The zero-order valence-corrected chi connectivity index (χ0v) is 17.7. The second-order valence-corrected chi connectivity index (χ2v) is 10.3. The fourth-order valence-corrected chi connectivity index (χ4v) is 6.55. The number of fused-ring (bicyclic) bond motifs is 2. The highest BCUT2D eigenvalue weighted by molar-refractivity contribution is 8.01. The van der Waals surface area contributed by atoms with Gasteiger partial charge in [0.15, 0.2) is 0 Å². The smallest absolute Gasteiger partial charge is 0.248 e. The maximum Gasteiger partial charge on any atom is 0.248 e. The van der Waals surface area contributed by atoms with Crippen LogP contribution in [0.3, 0.4) is 0 Å². The Morgan fingerprint density at radius 3 is 2.83 bits per heavy atom. The van der Waals surface area contributed by atoms with Gasteiger partial charge in [0.1, 0.15) is 6.04 Å². The number of hydrogen-bond donors (Lipinski definition) is 1. The fraction of sp³-hybridized carbons (Fsp3) is 0.318. The van der Waals surface area contributed by atoms with E-state index >= 15 is 0 Å². The van der Waals surface area contributed by atoms with Crippen LogP contribution in [0.4, 0.5) is 5.69 Å². The van der Waals surface area contributed by atoms with Crippen LogP contribution in [0, 0.1) is 0 Å². The van der Waals surface area contributed by atoms with Crippen molar-refractivity contribution in [2.45, 2.75) is 37.1 Å². The lowest BCUT2D eigenvalue weighted by Gasteiger charge is -2.29. The van der Waals surface area contributed by atoms with E-state index in [0.29, 0.717) is 12.2 Å². The zero-order chi connectivity index (χ0) is 20.0. The molecule has 1 N–H and O–H groups in total. The van der Waals surface area contributed by atoms with Crippen LogP contribution in [0.25, 0.3) is 10.2 Å². The number of amides is 2. The van der Waals surface area contributed by atoms with E-state index in [2.05, 4.69) is 23.3 Å². The molecule has 2 atom stereocenters. The molecule has 0 radical (unpaired) electrons. The standard InChI is InChI=1S/C22H21N3O2S2/c1-22-11-10-20(26)25(22)17(13-28-22)21(27)23-15-8-6-14(7-9-15)12-19-24-16-4-2-3-5-18(16)29-19/h2-9,17H,10-13H2,1H3,(H,23,27). The molecule has 148 valence electrons. The number of benzene rings is 2. The number of hydrogen-bond acceptors (Lipinski definition) is 5. The van der Waals surface area contributed by atoms with E-state index in [9.17, 15) is 9.59 Å². The van der Waals surface area contributed by atoms with Gasteiger partial charge in [0.25, 0.3) is 0 Å². The molecule has 2 amide bonds. The molecule has 5 nitrogen and oxygen atoms in total. The first kappa shape index (κ1) is 18.6. The molecule has 0 bridgehead atoms. The largest absolute Gasteiger partial charge is 0.324 e. The molecule has 3 aromatic rings. The van der Waals surface area contributed by atoms with Crippen molar-refractivity contribution >= 4 is 50.8 Å². The maximum atomic E-state index is 12.8. The number of rotatable bonds is 4. The first-order valence-corrected chi connectivity index (χ1v) is 11.5. The number of aromatic nitrogens is 1. The summed E-state index contributed by atoms with van der Waals surface area (Å²) in [5.74, 6) is 0.642. The summed E-state index contributed by atoms with van der Waals surface area (Å²) in [4.78, 5) is 31.3. The Balaban J connectivity index is 1.26. The predicted octanol–water partition coefficient (Wildman–Crippen LogP) is 4.28. The summed E-state index contributed by atoms with van der Waals surface area (Å²) in [5, 5.41) is 4.07. The highest BCUT2D eigenvalue weighted by atomic mass is 32.2. The summed E-state index contributed by atoms with van der Waals surface area (Å²) in [5.41, 5.74) is 2.95. The second-order valence-electron chi connectivity index (χ2n) is 7.70. The molecule has 0 aliphatic carbocycles. The van der Waals surface area contributed by atoms with Crippen molar-refractivity contribution < 1.29 is 9.59 Å². The minimum atomic E-state index is -0.387. The van der Waals surface area contributed by atoms with Gasteiger partial charge in [-0.15, -0.1) is 23.1 Å². The Morgan fingerprint density at radius 2 is 2.03 bits per heavy atom. The summed E-state index contributed by atoms with van der Waals surface area (Å²) in [6.07, 6.45) is 2.13. The van der Waals surface area contributed by atoms with E-state index in [1.54, 1.807) is 28.0 Å². The Hall–Kier alpha value is -2.38. The number of carbonyl (C=O) groups excluding carboxylic acids is 2. The van der Waals surface area contributed by atoms with Crippen LogP contribution in [-0.2, 0) is 16.0 Å². The highest BCUT2D eigenvalue weighted by Gasteiger charge is 2.52. The number of carbonyl (C=O) groups is 2. The highest BCUT2D eigenvalue weighted by Crippen LogP contribution is 2.47. The second kappa shape index (κ2) is 7.15. The molecule has 2 aliphatic heterocycles. The van der Waals surface area contributed by atoms with Crippen LogP contribution < -0.4 is 5.32 Å². The van der Waals surface area contributed by atoms with Crippen molar-refractivity contribution in [1.82, 2.24) is 9.88 Å². The quantitative estimate of drug-likeness (QED) is 0.680. The Morgan fingerprint density at radius 1 is 1.24 bits per heavy atom. The summed E-state index contributed by atoms with van der Waals surface area (Å²) in [6, 6.07) is 15.7. The minimum Gasteiger partial charge on any atom is -0.324 e. The van der Waals surface area contributed by atoms with Gasteiger partial charge in [0.05, 0.1) is 20.1 Å². The van der Waals surface area contributed by atoms with Crippen molar-refractivity contribution in [3.05, 3.63) is 59.1 Å². The van der Waals surface area contributed by atoms with Crippen molar-refractivity contribution in [3.8, 4) is 0 Å². The van der Waals surface area contributed by atoms with E-state index < -0.39 is 0 Å². The molecular weight excluding hydrogens is 402 g/mol. The molecule has 2 aliphatic rings. The molecule has 3 heterocycles. The predicted molar refractivity (Wildman–Crippen MR) is 118 cm³/mol. The van der Waals surface area contributed by atoms with Crippen LogP contribution in [0.1, 0.15) is 30.3 Å². The van der Waals surface area contributed by atoms with Gasteiger partial charge < -0.3 is 10.2 Å². The number of nitrogens with zero attached hydrogens (tertiary/aromatic N) is 2. The summed E-state index contributed by atoms with van der Waals surface area (Å²) in [6.45, 7) is 2.06. The molecule has 0 saturated carbocycles. The van der Waals surface area contributed by atoms with Crippen molar-refractivity contribution in [2.24, 2.45) is 0 Å². The number of thiazole rings is 1. The maximum absolute atomic E-state index is 12.8. The fourth-order valence-electron chi connectivity index (χ4n) is 4.12. The van der Waals surface area contributed by atoms with E-state index in [0.717, 1.165) is 34.6 Å². The van der Waals surface area contributed by atoms with Gasteiger partial charge in [-0.05, 0) is 43.2 Å². The van der Waals surface area contributed by atoms with E-state index in [4.69, 9.17) is 0 Å². The van der Waals surface area contributed by atoms with Gasteiger partial charge in [-0.3, -0.25) is 9.59 Å². The molecule has 2 fully saturated rings. The first-order valence-electron chi connectivity index (χ1n) is 9.72. The SMILES string of the molecule is CC12CCC(=O)N1C(C(=O)Nc1ccc(Cc3nc4ccccc4s3)cc1)CS2. The lowest BCUT2D eigenvalue weighted by molar-refractivity contribution is -0.135. The molecule has 2 unspecified atom stereocenters. The Kier molecular flexibility index (Phi) is 4.59. The first-order chi connectivity index (χ1) is 14.0. The van der Waals surface area contributed by atoms with E-state index in [-0.39, 0.29) is 22.7 Å². The average molecular weight is 424 g/mol. The van der Waals surface area contributed by atoms with E-state index in [1.165, 1.54) is 4.70 Å². The molecule has 5 rings (SSSR count). The van der Waals surface area contributed by atoms with E-state index in [1.807, 2.05) is 42.5 Å². The summed E-state index contributed by atoms with van der Waals surface area (Å²) in [7, 11) is 0. The number of nitrogens with one attached hydrogen (secondary N) is 1. The lowest BCUT2D eigenvalue weighted by atomic mass is 10.1. The Labute approximate surface area is 177 Å². The molecular formula is C22H21N3O2S2. The van der Waals surface area contributed by atoms with Crippen molar-refractivity contribution in [3.63, 3.8) is 0 Å². The lowest BCUT2D eigenvalue weighted by Crippen LogP contribution is -2.48. The molecule has 2 aromatic carbocycles. The van der Waals surface area contributed by atoms with Gasteiger partial charge in [0, 0.05) is 24.3 Å². The third-order valence-corrected chi connectivity index (χ3v) is 8.20. The van der Waals surface area contributed by atoms with Crippen molar-refractivity contribution in [1.29, 1.82) is 0 Å². The number of anilines is 1. The van der Waals surface area contributed by atoms with Gasteiger partial charge in [-0.1, -0.05) is 24.3 Å². The monoisotopic (exact) mass is 423 g/mol. The normalized spacial score (nSPS) is 23.6.